The van der Waals surface area contributed by atoms with Crippen LogP contribution in [0, 0.1) is 5.92 Å². The van der Waals surface area contributed by atoms with E-state index in [1.54, 1.807) is 15.8 Å². The largest absolute Gasteiger partial charge is 0.465 e. The molecule has 0 radical (unpaired) electrons. The molecule has 1 N–H and O–H groups in total. The Kier molecular flexibility index (Phi) is 4.69. The standard InChI is InChI=1S/C15H23N5O5S/c1-10-6-20-13(9-18(10)15(22)23)12(5-16-20)19-8-11(4-14(19)21)7-17(2)26(3,24)25/h5,10-11H,4,6-9H2,1-3H3,(H,22,23)/t10-,11?/m0/s1. The summed E-state index contributed by atoms with van der Waals surface area (Å²) in [5, 5.41) is 13.7. The lowest BCUT2D eigenvalue weighted by atomic mass is 10.1. The van der Waals surface area contributed by atoms with Crippen molar-refractivity contribution in [3.63, 3.8) is 0 Å². The molecule has 0 aliphatic carbocycles. The summed E-state index contributed by atoms with van der Waals surface area (Å²) in [6.07, 6.45) is 1.98. The smallest absolute Gasteiger partial charge is 0.407 e. The molecule has 2 amide bonds. The summed E-state index contributed by atoms with van der Waals surface area (Å²) in [6, 6.07) is -0.196. The van der Waals surface area contributed by atoms with Gasteiger partial charge in [0.15, 0.2) is 0 Å². The molecule has 1 saturated heterocycles. The molecule has 0 spiro atoms. The number of fused-ring (bicyclic) bond motifs is 1. The number of sulfonamides is 1. The van der Waals surface area contributed by atoms with E-state index in [0.717, 1.165) is 6.26 Å². The third kappa shape index (κ3) is 3.40. The molecule has 2 atom stereocenters. The summed E-state index contributed by atoms with van der Waals surface area (Å²) in [7, 11) is -1.80. The van der Waals surface area contributed by atoms with Gasteiger partial charge in [0.2, 0.25) is 15.9 Å². The van der Waals surface area contributed by atoms with Gasteiger partial charge in [-0.2, -0.15) is 5.10 Å². The molecule has 0 aromatic carbocycles. The zero-order valence-corrected chi connectivity index (χ0v) is 15.8. The molecule has 10 nitrogen and oxygen atoms in total. The maximum absolute atomic E-state index is 12.5. The molecule has 1 aromatic heterocycles. The minimum atomic E-state index is -3.30. The molecule has 1 aromatic rings. The van der Waals surface area contributed by atoms with Crippen molar-refractivity contribution in [1.82, 2.24) is 19.0 Å². The van der Waals surface area contributed by atoms with Crippen LogP contribution in [0.5, 0.6) is 0 Å². The Morgan fingerprint density at radius 3 is 2.73 bits per heavy atom. The van der Waals surface area contributed by atoms with Crippen LogP contribution >= 0.6 is 0 Å². The van der Waals surface area contributed by atoms with Gasteiger partial charge in [-0.25, -0.2) is 17.5 Å². The number of anilines is 1. The molecule has 1 fully saturated rings. The van der Waals surface area contributed by atoms with Crippen LogP contribution in [0.3, 0.4) is 0 Å². The van der Waals surface area contributed by atoms with Crippen molar-refractivity contribution in [1.29, 1.82) is 0 Å². The van der Waals surface area contributed by atoms with Crippen molar-refractivity contribution in [2.45, 2.75) is 32.5 Å². The van der Waals surface area contributed by atoms with Crippen molar-refractivity contribution in [2.75, 3.05) is 31.3 Å². The van der Waals surface area contributed by atoms with E-state index in [2.05, 4.69) is 5.10 Å². The molecule has 3 heterocycles. The highest BCUT2D eigenvalue weighted by atomic mass is 32.2. The van der Waals surface area contributed by atoms with E-state index in [4.69, 9.17) is 0 Å². The van der Waals surface area contributed by atoms with E-state index in [1.165, 1.54) is 16.3 Å². The average Bonchev–Trinajstić information content (AvgIpc) is 3.07. The fourth-order valence-corrected chi connectivity index (χ4v) is 3.99. The van der Waals surface area contributed by atoms with Gasteiger partial charge < -0.3 is 10.0 Å². The second kappa shape index (κ2) is 6.54. The lowest BCUT2D eigenvalue weighted by Crippen LogP contribution is -2.44. The Labute approximate surface area is 152 Å². The minimum absolute atomic E-state index is 0.104. The molecule has 26 heavy (non-hydrogen) atoms. The summed E-state index contributed by atoms with van der Waals surface area (Å²) in [6.45, 7) is 3.08. The highest BCUT2D eigenvalue weighted by Gasteiger charge is 2.37. The van der Waals surface area contributed by atoms with Crippen molar-refractivity contribution >= 4 is 27.7 Å². The van der Waals surface area contributed by atoms with E-state index >= 15 is 0 Å². The number of carboxylic acid groups (broad SMARTS) is 1. The van der Waals surface area contributed by atoms with E-state index in [1.807, 2.05) is 6.92 Å². The molecule has 1 unspecified atom stereocenters. The van der Waals surface area contributed by atoms with Gasteiger partial charge in [-0.1, -0.05) is 0 Å². The average molecular weight is 385 g/mol. The Morgan fingerprint density at radius 2 is 2.12 bits per heavy atom. The van der Waals surface area contributed by atoms with Crippen LogP contribution in [0.2, 0.25) is 0 Å². The number of rotatable bonds is 4. The molecular formula is C15H23N5O5S. The second-order valence-corrected chi connectivity index (χ2v) is 9.13. The normalized spacial score (nSPS) is 23.6. The monoisotopic (exact) mass is 385 g/mol. The SMILES string of the molecule is C[C@H]1Cn2ncc(N3CC(CN(C)S(C)(=O)=O)CC3=O)c2CN1C(=O)O. The van der Waals surface area contributed by atoms with Crippen LogP contribution in [0.4, 0.5) is 10.5 Å². The van der Waals surface area contributed by atoms with Crippen molar-refractivity contribution in [3.8, 4) is 0 Å². The topological polar surface area (TPSA) is 116 Å². The van der Waals surface area contributed by atoms with E-state index < -0.39 is 16.1 Å². The Morgan fingerprint density at radius 1 is 1.42 bits per heavy atom. The van der Waals surface area contributed by atoms with Crippen molar-refractivity contribution in [2.24, 2.45) is 5.92 Å². The Hall–Kier alpha value is -2.14. The van der Waals surface area contributed by atoms with Crippen molar-refractivity contribution in [3.05, 3.63) is 11.9 Å². The number of hydrogen-bond acceptors (Lipinski definition) is 5. The first-order chi connectivity index (χ1) is 12.1. The number of carbonyl (C=O) groups excluding carboxylic acids is 1. The molecule has 2 aliphatic rings. The van der Waals surface area contributed by atoms with Gasteiger partial charge in [0.05, 0.1) is 43.0 Å². The van der Waals surface area contributed by atoms with Gasteiger partial charge in [-0.3, -0.25) is 14.4 Å². The van der Waals surface area contributed by atoms with Gasteiger partial charge in [0, 0.05) is 26.6 Å². The molecule has 2 aliphatic heterocycles. The maximum Gasteiger partial charge on any atom is 0.407 e. The van der Waals surface area contributed by atoms with E-state index in [9.17, 15) is 23.1 Å². The third-order valence-electron chi connectivity index (χ3n) is 5.04. The first kappa shape index (κ1) is 18.6. The number of hydrogen-bond donors (Lipinski definition) is 1. The molecule has 11 heteroatoms. The number of aromatic nitrogens is 2. The summed E-state index contributed by atoms with van der Waals surface area (Å²) in [5.41, 5.74) is 1.30. The van der Waals surface area contributed by atoms with Crippen LogP contribution in [-0.4, -0.2) is 76.9 Å². The first-order valence-corrected chi connectivity index (χ1v) is 10.2. The third-order valence-corrected chi connectivity index (χ3v) is 6.32. The maximum atomic E-state index is 12.5. The summed E-state index contributed by atoms with van der Waals surface area (Å²) >= 11 is 0. The molecule has 144 valence electrons. The minimum Gasteiger partial charge on any atom is -0.465 e. The summed E-state index contributed by atoms with van der Waals surface area (Å²) in [5.74, 6) is -0.218. The molecule has 0 saturated carbocycles. The Bertz CT molecular complexity index is 835. The molecular weight excluding hydrogens is 362 g/mol. The molecule has 0 bridgehead atoms. The van der Waals surface area contributed by atoms with Gasteiger partial charge in [0.1, 0.15) is 0 Å². The van der Waals surface area contributed by atoms with Crippen molar-refractivity contribution < 1.29 is 23.1 Å². The lowest BCUT2D eigenvalue weighted by Gasteiger charge is -2.32. The van der Waals surface area contributed by atoms with E-state index in [-0.39, 0.29) is 37.4 Å². The fourth-order valence-electron chi connectivity index (χ4n) is 3.50. The highest BCUT2D eigenvalue weighted by Crippen LogP contribution is 2.31. The predicted octanol–water partition coefficient (Wildman–Crippen LogP) is 0.00950. The number of amides is 2. The van der Waals surface area contributed by atoms with Gasteiger partial charge in [-0.05, 0) is 12.8 Å². The van der Waals surface area contributed by atoms with E-state index in [0.29, 0.717) is 24.5 Å². The summed E-state index contributed by atoms with van der Waals surface area (Å²) < 4.78 is 26.2. The zero-order valence-electron chi connectivity index (χ0n) is 15.0. The highest BCUT2D eigenvalue weighted by molar-refractivity contribution is 7.88. The lowest BCUT2D eigenvalue weighted by molar-refractivity contribution is -0.117. The first-order valence-electron chi connectivity index (χ1n) is 8.34. The fraction of sp³-hybridized carbons (Fsp3) is 0.667. The van der Waals surface area contributed by atoms with Crippen LogP contribution in [0.25, 0.3) is 0 Å². The van der Waals surface area contributed by atoms with Gasteiger partial charge >= 0.3 is 6.09 Å². The van der Waals surface area contributed by atoms with Crippen LogP contribution < -0.4 is 4.90 Å². The quantitative estimate of drug-likeness (QED) is 0.780. The van der Waals surface area contributed by atoms with Gasteiger partial charge in [-0.15, -0.1) is 0 Å². The Balaban J connectivity index is 1.79. The number of carbonyl (C=O) groups is 2. The summed E-state index contributed by atoms with van der Waals surface area (Å²) in [4.78, 5) is 26.8. The molecule has 3 rings (SSSR count). The van der Waals surface area contributed by atoms with Gasteiger partial charge in [0.25, 0.3) is 0 Å². The second-order valence-electron chi connectivity index (χ2n) is 7.04. The zero-order chi connectivity index (χ0) is 19.2. The van der Waals surface area contributed by atoms with Crippen LogP contribution in [0.15, 0.2) is 6.20 Å². The predicted molar refractivity (Wildman–Crippen MR) is 93.2 cm³/mol. The van der Waals surface area contributed by atoms with Crippen LogP contribution in [0.1, 0.15) is 19.0 Å². The number of nitrogens with zero attached hydrogens (tertiary/aromatic N) is 5. The van der Waals surface area contributed by atoms with Crippen LogP contribution in [-0.2, 0) is 27.9 Å².